The van der Waals surface area contributed by atoms with Crippen molar-refractivity contribution >= 4 is 17.8 Å². The molecule has 1 aliphatic rings. The number of hydrogen-bond acceptors (Lipinski definition) is 4. The van der Waals surface area contributed by atoms with E-state index in [1.165, 1.54) is 24.7 Å². The lowest BCUT2D eigenvalue weighted by atomic mass is 9.91. The maximum absolute atomic E-state index is 12.2. The smallest absolute Gasteiger partial charge is 0.328 e. The van der Waals surface area contributed by atoms with Gasteiger partial charge in [-0.3, -0.25) is 9.59 Å². The number of esters is 1. The number of carbonyl (C=O) groups excluding carboxylic acids is 3. The van der Waals surface area contributed by atoms with Crippen molar-refractivity contribution in [3.63, 3.8) is 0 Å². The van der Waals surface area contributed by atoms with E-state index in [-0.39, 0.29) is 30.2 Å². The van der Waals surface area contributed by atoms with Crippen molar-refractivity contribution in [2.24, 2.45) is 5.92 Å². The van der Waals surface area contributed by atoms with Crippen LogP contribution in [0.2, 0.25) is 0 Å². The van der Waals surface area contributed by atoms with Gasteiger partial charge in [0, 0.05) is 14.0 Å². The second-order valence-corrected chi connectivity index (χ2v) is 5.92. The molecule has 1 unspecified atom stereocenters. The SMILES string of the molecule is CCOC(=O)C(NC(=O)CN(C)C(C)=O)C1CCCCCC1. The monoisotopic (exact) mass is 312 g/mol. The third-order valence-electron chi connectivity index (χ3n) is 4.15. The lowest BCUT2D eigenvalue weighted by Gasteiger charge is -2.26. The average molecular weight is 312 g/mol. The Morgan fingerprint density at radius 3 is 2.27 bits per heavy atom. The topological polar surface area (TPSA) is 75.7 Å². The molecule has 0 radical (unpaired) electrons. The average Bonchev–Trinajstić information content (AvgIpc) is 2.73. The van der Waals surface area contributed by atoms with Crippen LogP contribution in [-0.4, -0.2) is 48.9 Å². The molecule has 0 heterocycles. The Hall–Kier alpha value is -1.59. The first kappa shape index (κ1) is 18.5. The highest BCUT2D eigenvalue weighted by Gasteiger charge is 2.31. The van der Waals surface area contributed by atoms with E-state index in [1.54, 1.807) is 14.0 Å². The first-order chi connectivity index (χ1) is 10.5. The molecule has 126 valence electrons. The fraction of sp³-hybridized carbons (Fsp3) is 0.812. The second-order valence-electron chi connectivity index (χ2n) is 5.92. The minimum atomic E-state index is -0.606. The number of nitrogens with one attached hydrogen (secondary N) is 1. The lowest BCUT2D eigenvalue weighted by Crippen LogP contribution is -2.49. The van der Waals surface area contributed by atoms with Gasteiger partial charge in [-0.05, 0) is 25.7 Å². The first-order valence-electron chi connectivity index (χ1n) is 8.13. The maximum Gasteiger partial charge on any atom is 0.328 e. The summed E-state index contributed by atoms with van der Waals surface area (Å²) in [5.41, 5.74) is 0. The van der Waals surface area contributed by atoms with Gasteiger partial charge in [-0.2, -0.15) is 0 Å². The first-order valence-corrected chi connectivity index (χ1v) is 8.13. The van der Waals surface area contributed by atoms with Gasteiger partial charge in [0.05, 0.1) is 13.2 Å². The molecule has 0 aromatic rings. The summed E-state index contributed by atoms with van der Waals surface area (Å²) in [4.78, 5) is 36.8. The fourth-order valence-electron chi connectivity index (χ4n) is 2.79. The summed E-state index contributed by atoms with van der Waals surface area (Å²) >= 11 is 0. The molecule has 1 rings (SSSR count). The minimum absolute atomic E-state index is 0.0437. The van der Waals surface area contributed by atoms with Crippen molar-refractivity contribution in [3.05, 3.63) is 0 Å². The lowest BCUT2D eigenvalue weighted by molar-refractivity contribution is -0.149. The molecule has 1 aliphatic carbocycles. The van der Waals surface area contributed by atoms with Gasteiger partial charge in [0.2, 0.25) is 11.8 Å². The number of carbonyl (C=O) groups is 3. The van der Waals surface area contributed by atoms with Crippen molar-refractivity contribution in [1.29, 1.82) is 0 Å². The zero-order valence-corrected chi connectivity index (χ0v) is 13.9. The summed E-state index contributed by atoms with van der Waals surface area (Å²) in [6.45, 7) is 3.41. The highest BCUT2D eigenvalue weighted by Crippen LogP contribution is 2.26. The molecule has 0 bridgehead atoms. The molecule has 6 nitrogen and oxygen atoms in total. The number of likely N-dealkylation sites (N-methyl/N-ethyl adjacent to an activating group) is 1. The summed E-state index contributed by atoms with van der Waals surface area (Å²) < 4.78 is 5.12. The van der Waals surface area contributed by atoms with Crippen LogP contribution in [0.5, 0.6) is 0 Å². The van der Waals surface area contributed by atoms with Gasteiger partial charge in [-0.1, -0.05) is 25.7 Å². The number of ether oxygens (including phenoxy) is 1. The van der Waals surface area contributed by atoms with Crippen molar-refractivity contribution < 1.29 is 19.1 Å². The van der Waals surface area contributed by atoms with Crippen LogP contribution in [0.25, 0.3) is 0 Å². The van der Waals surface area contributed by atoms with E-state index in [0.29, 0.717) is 6.61 Å². The van der Waals surface area contributed by atoms with Crippen LogP contribution in [0.4, 0.5) is 0 Å². The molecule has 1 atom stereocenters. The molecule has 0 aromatic carbocycles. The Kier molecular flexibility index (Phi) is 7.91. The predicted molar refractivity (Wildman–Crippen MR) is 83.1 cm³/mol. The largest absolute Gasteiger partial charge is 0.464 e. The maximum atomic E-state index is 12.2. The van der Waals surface area contributed by atoms with Crippen molar-refractivity contribution in [1.82, 2.24) is 10.2 Å². The van der Waals surface area contributed by atoms with Crippen LogP contribution >= 0.6 is 0 Å². The molecule has 6 heteroatoms. The van der Waals surface area contributed by atoms with Crippen LogP contribution < -0.4 is 5.32 Å². The summed E-state index contributed by atoms with van der Waals surface area (Å²) in [6, 6.07) is -0.606. The van der Waals surface area contributed by atoms with Crippen LogP contribution in [0.1, 0.15) is 52.4 Å². The molecule has 0 aromatic heterocycles. The summed E-state index contributed by atoms with van der Waals surface area (Å²) in [5, 5.41) is 2.78. The van der Waals surface area contributed by atoms with E-state index >= 15 is 0 Å². The zero-order valence-electron chi connectivity index (χ0n) is 13.9. The Bertz CT molecular complexity index is 390. The predicted octanol–water partition coefficient (Wildman–Crippen LogP) is 1.48. The summed E-state index contributed by atoms with van der Waals surface area (Å²) in [6.07, 6.45) is 6.34. The van der Waals surface area contributed by atoms with E-state index < -0.39 is 6.04 Å². The normalized spacial score (nSPS) is 17.2. The second kappa shape index (κ2) is 9.43. The van der Waals surface area contributed by atoms with Crippen LogP contribution in [0, 0.1) is 5.92 Å². The zero-order chi connectivity index (χ0) is 16.5. The molecule has 2 amide bonds. The molecule has 22 heavy (non-hydrogen) atoms. The Labute approximate surface area is 132 Å². The quantitative estimate of drug-likeness (QED) is 0.595. The standard InChI is InChI=1S/C16H28N2O4/c1-4-22-16(21)15(13-9-7-5-6-8-10-13)17-14(20)11-18(3)12(2)19/h13,15H,4-11H2,1-3H3,(H,17,20). The molecular formula is C16H28N2O4. The highest BCUT2D eigenvalue weighted by atomic mass is 16.5. The highest BCUT2D eigenvalue weighted by molar-refractivity contribution is 5.88. The van der Waals surface area contributed by atoms with Gasteiger partial charge < -0.3 is 15.0 Å². The molecular weight excluding hydrogens is 284 g/mol. The van der Waals surface area contributed by atoms with Gasteiger partial charge >= 0.3 is 5.97 Å². The third kappa shape index (κ3) is 6.03. The number of hydrogen-bond donors (Lipinski definition) is 1. The molecule has 1 N–H and O–H groups in total. The molecule has 0 spiro atoms. The van der Waals surface area contributed by atoms with Gasteiger partial charge in [0.1, 0.15) is 6.04 Å². The van der Waals surface area contributed by atoms with Gasteiger partial charge in [-0.25, -0.2) is 4.79 Å². The van der Waals surface area contributed by atoms with Crippen LogP contribution in [-0.2, 0) is 19.1 Å². The van der Waals surface area contributed by atoms with Gasteiger partial charge in [-0.15, -0.1) is 0 Å². The summed E-state index contributed by atoms with van der Waals surface area (Å²) in [7, 11) is 1.56. The van der Waals surface area contributed by atoms with Gasteiger partial charge in [0.25, 0.3) is 0 Å². The van der Waals surface area contributed by atoms with Crippen molar-refractivity contribution in [2.45, 2.75) is 58.4 Å². The molecule has 0 saturated heterocycles. The van der Waals surface area contributed by atoms with E-state index in [4.69, 9.17) is 4.74 Å². The fourth-order valence-corrected chi connectivity index (χ4v) is 2.79. The molecule has 1 saturated carbocycles. The number of rotatable bonds is 6. The van der Waals surface area contributed by atoms with E-state index in [1.807, 2.05) is 0 Å². The van der Waals surface area contributed by atoms with Crippen LogP contribution in [0.15, 0.2) is 0 Å². The van der Waals surface area contributed by atoms with E-state index in [0.717, 1.165) is 25.7 Å². The Balaban J connectivity index is 2.70. The molecule has 0 aliphatic heterocycles. The third-order valence-corrected chi connectivity index (χ3v) is 4.15. The van der Waals surface area contributed by atoms with Crippen molar-refractivity contribution in [2.75, 3.05) is 20.2 Å². The number of nitrogens with zero attached hydrogens (tertiary/aromatic N) is 1. The number of amides is 2. The Morgan fingerprint density at radius 2 is 1.77 bits per heavy atom. The van der Waals surface area contributed by atoms with E-state index in [2.05, 4.69) is 5.32 Å². The van der Waals surface area contributed by atoms with Crippen molar-refractivity contribution in [3.8, 4) is 0 Å². The van der Waals surface area contributed by atoms with Crippen LogP contribution in [0.3, 0.4) is 0 Å². The summed E-state index contributed by atoms with van der Waals surface area (Å²) in [5.74, 6) is -0.751. The molecule has 1 fully saturated rings. The Morgan fingerprint density at radius 1 is 1.18 bits per heavy atom. The minimum Gasteiger partial charge on any atom is -0.464 e. The van der Waals surface area contributed by atoms with Gasteiger partial charge in [0.15, 0.2) is 0 Å². The van der Waals surface area contributed by atoms with E-state index in [9.17, 15) is 14.4 Å².